The van der Waals surface area contributed by atoms with E-state index in [0.29, 0.717) is 10.7 Å². The molecule has 1 aromatic heterocycles. The van der Waals surface area contributed by atoms with Gasteiger partial charge in [-0.15, -0.1) is 0 Å². The Labute approximate surface area is 116 Å². The molecule has 0 fully saturated rings. The Balaban J connectivity index is 2.38. The molecule has 0 radical (unpaired) electrons. The number of nitrogens with one attached hydrogen (secondary N) is 1. The van der Waals surface area contributed by atoms with E-state index in [0.717, 1.165) is 5.69 Å². The third-order valence-electron chi connectivity index (χ3n) is 3.37. The van der Waals surface area contributed by atoms with Crippen LogP contribution in [-0.2, 0) is 0 Å². The van der Waals surface area contributed by atoms with Gasteiger partial charge < -0.3 is 0 Å². The fraction of sp³-hybridized carbons (Fsp3) is 0.200. The average Bonchev–Trinajstić information content (AvgIpc) is 2.83. The first kappa shape index (κ1) is 12.1. The number of hydrogen-bond donors (Lipinski definition) is 1. The standard InChI is InChI=1S/C15H15N3S/c1-10(2)11-7-8-14(18-9-16-17-15(18)19)13-6-4-3-5-12(11)13/h3-10H,1-2H3,(H,17,19). The Morgan fingerprint density at radius 3 is 2.47 bits per heavy atom. The summed E-state index contributed by atoms with van der Waals surface area (Å²) in [6.07, 6.45) is 1.72. The number of aromatic amines is 1. The molecule has 1 N–H and O–H groups in total. The molecule has 2 aromatic carbocycles. The summed E-state index contributed by atoms with van der Waals surface area (Å²) in [6.45, 7) is 4.43. The first-order chi connectivity index (χ1) is 9.18. The minimum Gasteiger partial charge on any atom is -0.274 e. The summed E-state index contributed by atoms with van der Waals surface area (Å²) < 4.78 is 2.52. The second-order valence-corrected chi connectivity index (χ2v) is 5.29. The highest BCUT2D eigenvalue weighted by atomic mass is 32.1. The number of fused-ring (bicyclic) bond motifs is 1. The van der Waals surface area contributed by atoms with Crippen LogP contribution in [0.2, 0.25) is 0 Å². The molecule has 1 heterocycles. The third-order valence-corrected chi connectivity index (χ3v) is 3.66. The van der Waals surface area contributed by atoms with Gasteiger partial charge in [-0.2, -0.15) is 5.10 Å². The van der Waals surface area contributed by atoms with Crippen LogP contribution >= 0.6 is 12.2 Å². The molecule has 0 saturated carbocycles. The van der Waals surface area contributed by atoms with Crippen molar-refractivity contribution in [3.8, 4) is 5.69 Å². The Morgan fingerprint density at radius 1 is 1.11 bits per heavy atom. The van der Waals surface area contributed by atoms with Crippen LogP contribution in [0.3, 0.4) is 0 Å². The van der Waals surface area contributed by atoms with Crippen molar-refractivity contribution < 1.29 is 0 Å². The second kappa shape index (κ2) is 4.63. The van der Waals surface area contributed by atoms with Gasteiger partial charge in [0.1, 0.15) is 6.33 Å². The van der Waals surface area contributed by atoms with Crippen molar-refractivity contribution in [1.29, 1.82) is 0 Å². The fourth-order valence-electron chi connectivity index (χ4n) is 2.44. The second-order valence-electron chi connectivity index (χ2n) is 4.91. The van der Waals surface area contributed by atoms with E-state index in [9.17, 15) is 0 Å². The van der Waals surface area contributed by atoms with E-state index < -0.39 is 0 Å². The molecular weight excluding hydrogens is 254 g/mol. The molecule has 19 heavy (non-hydrogen) atoms. The van der Waals surface area contributed by atoms with E-state index in [2.05, 4.69) is 60.4 Å². The van der Waals surface area contributed by atoms with Gasteiger partial charge in [0.05, 0.1) is 5.69 Å². The summed E-state index contributed by atoms with van der Waals surface area (Å²) in [4.78, 5) is 0. The Kier molecular flexibility index (Phi) is 2.95. The third kappa shape index (κ3) is 1.98. The highest BCUT2D eigenvalue weighted by Gasteiger charge is 2.10. The Hall–Kier alpha value is -1.94. The maximum Gasteiger partial charge on any atom is 0.199 e. The van der Waals surface area contributed by atoms with Crippen molar-refractivity contribution in [2.75, 3.05) is 0 Å². The van der Waals surface area contributed by atoms with Crippen LogP contribution < -0.4 is 0 Å². The van der Waals surface area contributed by atoms with Gasteiger partial charge in [0.2, 0.25) is 0 Å². The summed E-state index contributed by atoms with van der Waals surface area (Å²) in [5.74, 6) is 0.497. The molecule has 3 rings (SSSR count). The van der Waals surface area contributed by atoms with Crippen LogP contribution in [0.1, 0.15) is 25.3 Å². The van der Waals surface area contributed by atoms with Crippen molar-refractivity contribution in [3.63, 3.8) is 0 Å². The summed E-state index contributed by atoms with van der Waals surface area (Å²) in [6, 6.07) is 12.7. The zero-order chi connectivity index (χ0) is 13.4. The smallest absolute Gasteiger partial charge is 0.199 e. The summed E-state index contributed by atoms with van der Waals surface area (Å²) in [7, 11) is 0. The predicted molar refractivity (Wildman–Crippen MR) is 80.3 cm³/mol. The fourth-order valence-corrected chi connectivity index (χ4v) is 2.64. The average molecular weight is 269 g/mol. The molecule has 0 atom stereocenters. The molecule has 3 nitrogen and oxygen atoms in total. The predicted octanol–water partition coefficient (Wildman–Crippen LogP) is 4.21. The highest BCUT2D eigenvalue weighted by Crippen LogP contribution is 2.29. The van der Waals surface area contributed by atoms with Gasteiger partial charge in [0.25, 0.3) is 0 Å². The minimum absolute atomic E-state index is 0.497. The van der Waals surface area contributed by atoms with Gasteiger partial charge in [-0.05, 0) is 35.2 Å². The number of benzene rings is 2. The molecular formula is C15H15N3S. The van der Waals surface area contributed by atoms with Gasteiger partial charge in [0.15, 0.2) is 4.77 Å². The van der Waals surface area contributed by atoms with Gasteiger partial charge in [-0.25, -0.2) is 0 Å². The molecule has 3 aromatic rings. The van der Waals surface area contributed by atoms with Crippen LogP contribution in [0, 0.1) is 4.77 Å². The maximum atomic E-state index is 5.26. The molecule has 0 spiro atoms. The van der Waals surface area contributed by atoms with Crippen molar-refractivity contribution >= 4 is 23.0 Å². The number of hydrogen-bond acceptors (Lipinski definition) is 2. The van der Waals surface area contributed by atoms with Crippen LogP contribution in [-0.4, -0.2) is 14.8 Å². The van der Waals surface area contributed by atoms with Gasteiger partial charge >= 0.3 is 0 Å². The quantitative estimate of drug-likeness (QED) is 0.707. The van der Waals surface area contributed by atoms with E-state index in [1.54, 1.807) is 6.33 Å². The summed E-state index contributed by atoms with van der Waals surface area (Å²) in [5, 5.41) is 9.27. The summed E-state index contributed by atoms with van der Waals surface area (Å²) in [5.41, 5.74) is 2.42. The van der Waals surface area contributed by atoms with Crippen molar-refractivity contribution in [3.05, 3.63) is 53.1 Å². The lowest BCUT2D eigenvalue weighted by Crippen LogP contribution is -1.97. The lowest BCUT2D eigenvalue weighted by molar-refractivity contribution is 0.875. The number of H-pyrrole nitrogens is 1. The zero-order valence-corrected chi connectivity index (χ0v) is 11.7. The molecule has 96 valence electrons. The lowest BCUT2D eigenvalue weighted by atomic mass is 9.95. The van der Waals surface area contributed by atoms with Crippen LogP contribution in [0.15, 0.2) is 42.7 Å². The van der Waals surface area contributed by atoms with E-state index in [-0.39, 0.29) is 0 Å². The number of rotatable bonds is 2. The molecule has 0 aliphatic carbocycles. The number of aromatic nitrogens is 3. The van der Waals surface area contributed by atoms with E-state index in [1.165, 1.54) is 16.3 Å². The van der Waals surface area contributed by atoms with Gasteiger partial charge in [0, 0.05) is 5.39 Å². The Morgan fingerprint density at radius 2 is 1.84 bits per heavy atom. The van der Waals surface area contributed by atoms with Crippen LogP contribution in [0.4, 0.5) is 0 Å². The zero-order valence-electron chi connectivity index (χ0n) is 10.9. The number of nitrogens with zero attached hydrogens (tertiary/aromatic N) is 2. The molecule has 0 bridgehead atoms. The largest absolute Gasteiger partial charge is 0.274 e. The van der Waals surface area contributed by atoms with E-state index in [4.69, 9.17) is 12.2 Å². The molecule has 0 saturated heterocycles. The van der Waals surface area contributed by atoms with E-state index >= 15 is 0 Å². The highest BCUT2D eigenvalue weighted by molar-refractivity contribution is 7.71. The molecule has 0 amide bonds. The molecule has 0 unspecified atom stereocenters. The molecule has 0 aliphatic rings. The van der Waals surface area contributed by atoms with Crippen LogP contribution in [0.5, 0.6) is 0 Å². The van der Waals surface area contributed by atoms with Crippen molar-refractivity contribution in [1.82, 2.24) is 14.8 Å². The molecule has 4 heteroatoms. The normalized spacial score (nSPS) is 11.3. The first-order valence-electron chi connectivity index (χ1n) is 6.32. The van der Waals surface area contributed by atoms with Gasteiger partial charge in [-0.3, -0.25) is 9.67 Å². The van der Waals surface area contributed by atoms with Crippen molar-refractivity contribution in [2.45, 2.75) is 19.8 Å². The SMILES string of the molecule is CC(C)c1ccc(-n2cn[nH]c2=S)c2ccccc12. The van der Waals surface area contributed by atoms with Crippen LogP contribution in [0.25, 0.3) is 16.5 Å². The minimum atomic E-state index is 0.497. The maximum absolute atomic E-state index is 5.26. The van der Waals surface area contributed by atoms with E-state index in [1.807, 2.05) is 4.57 Å². The lowest BCUT2D eigenvalue weighted by Gasteiger charge is -2.13. The topological polar surface area (TPSA) is 33.6 Å². The Bertz CT molecular complexity index is 783. The monoisotopic (exact) mass is 269 g/mol. The summed E-state index contributed by atoms with van der Waals surface area (Å²) >= 11 is 5.26. The first-order valence-corrected chi connectivity index (χ1v) is 6.73. The van der Waals surface area contributed by atoms with Crippen molar-refractivity contribution in [2.24, 2.45) is 0 Å². The van der Waals surface area contributed by atoms with Gasteiger partial charge in [-0.1, -0.05) is 44.2 Å². The molecule has 0 aliphatic heterocycles.